The summed E-state index contributed by atoms with van der Waals surface area (Å²) in [5.74, 6) is 0.876. The van der Waals surface area contributed by atoms with Crippen molar-refractivity contribution in [2.75, 3.05) is 35.7 Å². The maximum Gasteiger partial charge on any atom is 0.138 e. The summed E-state index contributed by atoms with van der Waals surface area (Å²) < 4.78 is 0. The predicted molar refractivity (Wildman–Crippen MR) is 139 cm³/mol. The van der Waals surface area contributed by atoms with Crippen LogP contribution in [0.4, 0.5) is 22.9 Å². The lowest BCUT2D eigenvalue weighted by molar-refractivity contribution is 0.745. The molecule has 0 radical (unpaired) electrons. The van der Waals surface area contributed by atoms with Crippen molar-refractivity contribution < 1.29 is 0 Å². The molecule has 4 aromatic rings. The first-order valence-electron chi connectivity index (χ1n) is 11.5. The Morgan fingerprint density at radius 2 is 1.53 bits per heavy atom. The fourth-order valence-corrected chi connectivity index (χ4v) is 4.20. The summed E-state index contributed by atoms with van der Waals surface area (Å²) in [5.41, 5.74) is 5.82. The third kappa shape index (κ3) is 4.70. The van der Waals surface area contributed by atoms with Crippen LogP contribution in [0.2, 0.25) is 0 Å². The molecular weight excluding hydrogens is 392 g/mol. The van der Waals surface area contributed by atoms with E-state index in [1.165, 1.54) is 22.2 Å². The summed E-state index contributed by atoms with van der Waals surface area (Å²) in [5, 5.41) is 9.07. The molecule has 4 rings (SSSR count). The number of hydrogen-bond acceptors (Lipinski definition) is 4. The van der Waals surface area contributed by atoms with Gasteiger partial charge < -0.3 is 15.5 Å². The number of fused-ring (bicyclic) bond motifs is 1. The van der Waals surface area contributed by atoms with Gasteiger partial charge in [0.05, 0.1) is 0 Å². The highest BCUT2D eigenvalue weighted by Crippen LogP contribution is 2.33. The van der Waals surface area contributed by atoms with E-state index in [2.05, 4.69) is 107 Å². The number of hydrogen-bond donors (Lipinski definition) is 2. The van der Waals surface area contributed by atoms with Crippen molar-refractivity contribution in [1.82, 2.24) is 4.98 Å². The first-order valence-corrected chi connectivity index (χ1v) is 11.5. The third-order valence-electron chi connectivity index (χ3n) is 5.75. The van der Waals surface area contributed by atoms with Crippen LogP contribution in [0.5, 0.6) is 0 Å². The number of aromatic nitrogens is 1. The molecule has 0 saturated heterocycles. The highest BCUT2D eigenvalue weighted by atomic mass is 15.1. The fraction of sp³-hybridized carbons (Fsp3) is 0.250. The van der Waals surface area contributed by atoms with Crippen LogP contribution in [0.3, 0.4) is 0 Å². The molecule has 0 unspecified atom stereocenters. The maximum absolute atomic E-state index is 4.65. The minimum Gasteiger partial charge on any atom is -0.388 e. The normalized spacial score (nSPS) is 10.8. The second-order valence-corrected chi connectivity index (χ2v) is 8.05. The lowest BCUT2D eigenvalue weighted by atomic mass is 9.98. The van der Waals surface area contributed by atoms with Crippen LogP contribution in [0.1, 0.15) is 26.7 Å². The molecule has 32 heavy (non-hydrogen) atoms. The van der Waals surface area contributed by atoms with E-state index in [1.807, 2.05) is 13.2 Å². The summed E-state index contributed by atoms with van der Waals surface area (Å²) in [6, 6.07) is 25.7. The number of nitrogens with one attached hydrogen (secondary N) is 2. The number of anilines is 4. The molecule has 2 N–H and O–H groups in total. The Morgan fingerprint density at radius 3 is 2.25 bits per heavy atom. The predicted octanol–water partition coefficient (Wildman–Crippen LogP) is 7.31. The zero-order valence-electron chi connectivity index (χ0n) is 19.2. The van der Waals surface area contributed by atoms with E-state index in [0.717, 1.165) is 48.5 Å². The Kier molecular flexibility index (Phi) is 6.90. The van der Waals surface area contributed by atoms with Crippen molar-refractivity contribution >= 4 is 33.7 Å². The highest BCUT2D eigenvalue weighted by Gasteiger charge is 2.10. The van der Waals surface area contributed by atoms with E-state index in [0.29, 0.717) is 0 Å². The minimum atomic E-state index is 0.876. The molecule has 164 valence electrons. The van der Waals surface area contributed by atoms with Crippen LogP contribution >= 0.6 is 0 Å². The standard InChI is InChI=1S/C28H32N4/c1-4-18-32(19-5-2)24-14-12-22(13-15-24)31-28-27-11-7-10-25(26(27)16-17-30-28)21-8-6-9-23(20-21)29-3/h6-17,20,29H,4-5,18-19H2,1-3H3,(H,30,31). The summed E-state index contributed by atoms with van der Waals surface area (Å²) >= 11 is 0. The van der Waals surface area contributed by atoms with Crippen LogP contribution in [-0.4, -0.2) is 25.1 Å². The molecule has 0 saturated carbocycles. The lowest BCUT2D eigenvalue weighted by Crippen LogP contribution is -2.24. The Bertz CT molecular complexity index is 1160. The van der Waals surface area contributed by atoms with Gasteiger partial charge in [0.15, 0.2) is 0 Å². The molecule has 0 amide bonds. The molecule has 0 bridgehead atoms. The van der Waals surface area contributed by atoms with Gasteiger partial charge in [-0.3, -0.25) is 0 Å². The van der Waals surface area contributed by atoms with Crippen molar-refractivity contribution in [3.8, 4) is 11.1 Å². The van der Waals surface area contributed by atoms with Crippen LogP contribution in [-0.2, 0) is 0 Å². The summed E-state index contributed by atoms with van der Waals surface area (Å²) in [6.07, 6.45) is 4.19. The van der Waals surface area contributed by atoms with E-state index < -0.39 is 0 Å². The summed E-state index contributed by atoms with van der Waals surface area (Å²) in [6.45, 7) is 6.63. The maximum atomic E-state index is 4.65. The molecule has 4 heteroatoms. The molecule has 0 fully saturated rings. The van der Waals surface area contributed by atoms with Gasteiger partial charge in [-0.2, -0.15) is 0 Å². The Labute approximate surface area is 191 Å². The SMILES string of the molecule is CCCN(CCC)c1ccc(Nc2nccc3c(-c4cccc(NC)c4)cccc23)cc1. The Morgan fingerprint density at radius 1 is 0.781 bits per heavy atom. The van der Waals surface area contributed by atoms with Gasteiger partial charge in [0.2, 0.25) is 0 Å². The lowest BCUT2D eigenvalue weighted by Gasteiger charge is -2.24. The second kappa shape index (κ2) is 10.2. The van der Waals surface area contributed by atoms with Crippen LogP contribution < -0.4 is 15.5 Å². The highest BCUT2D eigenvalue weighted by molar-refractivity contribution is 6.02. The largest absolute Gasteiger partial charge is 0.388 e. The molecule has 1 aromatic heterocycles. The molecule has 0 aliphatic heterocycles. The number of rotatable bonds is 9. The molecule has 0 aliphatic carbocycles. The topological polar surface area (TPSA) is 40.2 Å². The van der Waals surface area contributed by atoms with Gasteiger partial charge in [-0.05, 0) is 71.8 Å². The van der Waals surface area contributed by atoms with Crippen molar-refractivity contribution in [1.29, 1.82) is 0 Å². The molecule has 0 spiro atoms. The van der Waals surface area contributed by atoms with E-state index in [-0.39, 0.29) is 0 Å². The average molecular weight is 425 g/mol. The zero-order chi connectivity index (χ0) is 22.3. The van der Waals surface area contributed by atoms with Crippen LogP contribution in [0.15, 0.2) is 79.0 Å². The van der Waals surface area contributed by atoms with E-state index in [9.17, 15) is 0 Å². The van der Waals surface area contributed by atoms with E-state index >= 15 is 0 Å². The Balaban J connectivity index is 1.64. The smallest absolute Gasteiger partial charge is 0.138 e. The fourth-order valence-electron chi connectivity index (χ4n) is 4.20. The van der Waals surface area contributed by atoms with Crippen LogP contribution in [0, 0.1) is 0 Å². The molecule has 0 atom stereocenters. The molecular formula is C28H32N4. The quantitative estimate of drug-likeness (QED) is 0.295. The van der Waals surface area contributed by atoms with Gasteiger partial charge in [-0.25, -0.2) is 4.98 Å². The molecule has 4 nitrogen and oxygen atoms in total. The van der Waals surface area contributed by atoms with Crippen molar-refractivity contribution in [3.05, 3.63) is 79.0 Å². The van der Waals surface area contributed by atoms with Crippen molar-refractivity contribution in [2.45, 2.75) is 26.7 Å². The van der Waals surface area contributed by atoms with Crippen molar-refractivity contribution in [3.63, 3.8) is 0 Å². The summed E-state index contributed by atoms with van der Waals surface area (Å²) in [7, 11) is 1.95. The number of nitrogens with zero attached hydrogens (tertiary/aromatic N) is 2. The number of benzene rings is 3. The number of pyridine rings is 1. The van der Waals surface area contributed by atoms with Gasteiger partial charge in [-0.1, -0.05) is 44.2 Å². The zero-order valence-corrected chi connectivity index (χ0v) is 19.2. The first-order chi connectivity index (χ1) is 15.7. The molecule has 3 aromatic carbocycles. The van der Waals surface area contributed by atoms with Crippen molar-refractivity contribution in [2.24, 2.45) is 0 Å². The van der Waals surface area contributed by atoms with E-state index in [4.69, 9.17) is 0 Å². The molecule has 0 aliphatic rings. The minimum absolute atomic E-state index is 0.876. The average Bonchev–Trinajstić information content (AvgIpc) is 2.84. The third-order valence-corrected chi connectivity index (χ3v) is 5.75. The second-order valence-electron chi connectivity index (χ2n) is 8.05. The van der Waals surface area contributed by atoms with Crippen LogP contribution in [0.25, 0.3) is 21.9 Å². The summed E-state index contributed by atoms with van der Waals surface area (Å²) in [4.78, 5) is 7.10. The van der Waals surface area contributed by atoms with E-state index in [1.54, 1.807) is 0 Å². The van der Waals surface area contributed by atoms with Gasteiger partial charge in [0, 0.05) is 48.8 Å². The first kappa shape index (κ1) is 21.7. The van der Waals surface area contributed by atoms with Gasteiger partial charge >= 0.3 is 0 Å². The van der Waals surface area contributed by atoms with Gasteiger partial charge in [-0.15, -0.1) is 0 Å². The van der Waals surface area contributed by atoms with Gasteiger partial charge in [0.25, 0.3) is 0 Å². The Hall–Kier alpha value is -3.53. The van der Waals surface area contributed by atoms with Gasteiger partial charge in [0.1, 0.15) is 5.82 Å². The monoisotopic (exact) mass is 424 g/mol. The molecule has 1 heterocycles.